The van der Waals surface area contributed by atoms with Gasteiger partial charge in [-0.15, -0.1) is 0 Å². The van der Waals surface area contributed by atoms with Crippen LogP contribution >= 0.6 is 0 Å². The quantitative estimate of drug-likeness (QED) is 0.849. The molecule has 0 atom stereocenters. The number of para-hydroxylation sites is 1. The topological polar surface area (TPSA) is 58.6 Å². The first-order valence-electron chi connectivity index (χ1n) is 9.45. The summed E-state index contributed by atoms with van der Waals surface area (Å²) in [6, 6.07) is 17.3. The number of nitrogens with one attached hydrogen (secondary N) is 1. The number of hydrogen-bond donors (Lipinski definition) is 1. The number of carbonyl (C=O) groups is 2. The number of benzene rings is 2. The standard InChI is InChI=1S/C22H26N2O3/c1-17-7-9-20(10-8-17)27-16-13-21(25)24-14-11-18(12-15-24)22(26)23-19-5-3-2-4-6-19/h2-10,18H,11-16H2,1H3,(H,23,26). The zero-order valence-corrected chi connectivity index (χ0v) is 15.7. The van der Waals surface area contributed by atoms with Crippen molar-refractivity contribution in [2.45, 2.75) is 26.2 Å². The van der Waals surface area contributed by atoms with Crippen LogP contribution in [0.3, 0.4) is 0 Å². The summed E-state index contributed by atoms with van der Waals surface area (Å²) in [6.45, 7) is 3.64. The fraction of sp³-hybridized carbons (Fsp3) is 0.364. The van der Waals surface area contributed by atoms with E-state index in [0.29, 0.717) is 39.0 Å². The first-order chi connectivity index (χ1) is 13.1. The van der Waals surface area contributed by atoms with Gasteiger partial charge < -0.3 is 15.0 Å². The smallest absolute Gasteiger partial charge is 0.227 e. The number of rotatable bonds is 6. The van der Waals surface area contributed by atoms with E-state index in [4.69, 9.17) is 4.74 Å². The Morgan fingerprint density at radius 1 is 1.04 bits per heavy atom. The molecule has 1 N–H and O–H groups in total. The van der Waals surface area contributed by atoms with Gasteiger partial charge in [0.25, 0.3) is 0 Å². The first kappa shape index (κ1) is 19.0. The van der Waals surface area contributed by atoms with Gasteiger partial charge >= 0.3 is 0 Å². The lowest BCUT2D eigenvalue weighted by molar-refractivity contribution is -0.135. The summed E-state index contributed by atoms with van der Waals surface area (Å²) < 4.78 is 5.64. The van der Waals surface area contributed by atoms with Crippen LogP contribution < -0.4 is 10.1 Å². The van der Waals surface area contributed by atoms with Gasteiger partial charge in [-0.25, -0.2) is 0 Å². The molecule has 1 saturated heterocycles. The van der Waals surface area contributed by atoms with Crippen LogP contribution in [-0.4, -0.2) is 36.4 Å². The van der Waals surface area contributed by atoms with E-state index >= 15 is 0 Å². The van der Waals surface area contributed by atoms with Crippen molar-refractivity contribution in [3.8, 4) is 5.75 Å². The van der Waals surface area contributed by atoms with Gasteiger partial charge in [-0.2, -0.15) is 0 Å². The normalized spacial score (nSPS) is 14.6. The van der Waals surface area contributed by atoms with Crippen LogP contribution in [-0.2, 0) is 9.59 Å². The number of hydrogen-bond acceptors (Lipinski definition) is 3. The second kappa shape index (κ2) is 9.21. The zero-order chi connectivity index (χ0) is 19.1. The molecule has 2 aromatic carbocycles. The Hall–Kier alpha value is -2.82. The van der Waals surface area contributed by atoms with Gasteiger partial charge in [-0.05, 0) is 44.0 Å². The van der Waals surface area contributed by atoms with Gasteiger partial charge in [0.2, 0.25) is 11.8 Å². The third-order valence-electron chi connectivity index (χ3n) is 4.87. The molecule has 27 heavy (non-hydrogen) atoms. The fourth-order valence-electron chi connectivity index (χ4n) is 3.21. The summed E-state index contributed by atoms with van der Waals surface area (Å²) in [6.07, 6.45) is 1.75. The lowest BCUT2D eigenvalue weighted by Gasteiger charge is -2.31. The second-order valence-electron chi connectivity index (χ2n) is 6.92. The number of ether oxygens (including phenoxy) is 1. The molecule has 1 fully saturated rings. The predicted molar refractivity (Wildman–Crippen MR) is 106 cm³/mol. The van der Waals surface area contributed by atoms with Crippen LogP contribution in [0.25, 0.3) is 0 Å². The van der Waals surface area contributed by atoms with E-state index in [9.17, 15) is 9.59 Å². The van der Waals surface area contributed by atoms with Crippen LogP contribution in [0.1, 0.15) is 24.8 Å². The van der Waals surface area contributed by atoms with E-state index in [2.05, 4.69) is 5.32 Å². The minimum absolute atomic E-state index is 0.0380. The van der Waals surface area contributed by atoms with E-state index in [-0.39, 0.29) is 17.7 Å². The van der Waals surface area contributed by atoms with Crippen molar-refractivity contribution in [1.29, 1.82) is 0 Å². The summed E-state index contributed by atoms with van der Waals surface area (Å²) in [4.78, 5) is 26.6. The van der Waals surface area contributed by atoms with Crippen molar-refractivity contribution in [3.05, 3.63) is 60.2 Å². The fourth-order valence-corrected chi connectivity index (χ4v) is 3.21. The predicted octanol–water partition coefficient (Wildman–Crippen LogP) is 3.64. The molecule has 1 aliphatic heterocycles. The van der Waals surface area contributed by atoms with Crippen LogP contribution in [0.15, 0.2) is 54.6 Å². The Morgan fingerprint density at radius 2 is 1.70 bits per heavy atom. The minimum Gasteiger partial charge on any atom is -0.493 e. The SMILES string of the molecule is Cc1ccc(OCCC(=O)N2CCC(C(=O)Nc3ccccc3)CC2)cc1. The Bertz CT molecular complexity index is 751. The average molecular weight is 366 g/mol. The molecule has 0 bridgehead atoms. The van der Waals surface area contributed by atoms with E-state index in [1.54, 1.807) is 0 Å². The molecule has 0 spiro atoms. The molecule has 0 aliphatic carbocycles. The molecule has 142 valence electrons. The van der Waals surface area contributed by atoms with E-state index < -0.39 is 0 Å². The van der Waals surface area contributed by atoms with Crippen molar-refractivity contribution in [2.24, 2.45) is 5.92 Å². The van der Waals surface area contributed by atoms with Gasteiger partial charge in [-0.3, -0.25) is 9.59 Å². The molecular formula is C22H26N2O3. The average Bonchev–Trinajstić information content (AvgIpc) is 2.70. The Morgan fingerprint density at radius 3 is 2.37 bits per heavy atom. The highest BCUT2D eigenvalue weighted by Gasteiger charge is 2.27. The van der Waals surface area contributed by atoms with Crippen LogP contribution in [0, 0.1) is 12.8 Å². The van der Waals surface area contributed by atoms with E-state index in [1.807, 2.05) is 66.4 Å². The third kappa shape index (κ3) is 5.58. The molecule has 5 nitrogen and oxygen atoms in total. The third-order valence-corrected chi connectivity index (χ3v) is 4.87. The number of aryl methyl sites for hydroxylation is 1. The molecule has 0 unspecified atom stereocenters. The number of likely N-dealkylation sites (tertiary alicyclic amines) is 1. The lowest BCUT2D eigenvalue weighted by Crippen LogP contribution is -2.41. The number of nitrogens with zero attached hydrogens (tertiary/aromatic N) is 1. The molecule has 5 heteroatoms. The summed E-state index contributed by atoms with van der Waals surface area (Å²) in [5.41, 5.74) is 1.99. The van der Waals surface area contributed by atoms with Crippen molar-refractivity contribution >= 4 is 17.5 Å². The maximum atomic E-state index is 12.4. The van der Waals surface area contributed by atoms with Crippen LogP contribution in [0.2, 0.25) is 0 Å². The summed E-state index contributed by atoms with van der Waals surface area (Å²) in [5.74, 6) is 0.864. The maximum absolute atomic E-state index is 12.4. The zero-order valence-electron chi connectivity index (χ0n) is 15.7. The summed E-state index contributed by atoms with van der Waals surface area (Å²) in [7, 11) is 0. The first-order valence-corrected chi connectivity index (χ1v) is 9.45. The van der Waals surface area contributed by atoms with Gasteiger partial charge in [0.1, 0.15) is 5.75 Å². The highest BCUT2D eigenvalue weighted by molar-refractivity contribution is 5.92. The Balaban J connectivity index is 1.38. The van der Waals surface area contributed by atoms with Gasteiger partial charge in [0.15, 0.2) is 0 Å². The molecule has 1 aliphatic rings. The monoisotopic (exact) mass is 366 g/mol. The highest BCUT2D eigenvalue weighted by Crippen LogP contribution is 2.20. The number of piperidine rings is 1. The van der Waals surface area contributed by atoms with Gasteiger partial charge in [0, 0.05) is 24.7 Å². The minimum atomic E-state index is -0.0435. The largest absolute Gasteiger partial charge is 0.493 e. The van der Waals surface area contributed by atoms with Crippen molar-refractivity contribution in [3.63, 3.8) is 0 Å². The molecule has 0 aromatic heterocycles. The molecule has 1 heterocycles. The maximum Gasteiger partial charge on any atom is 0.227 e. The van der Waals surface area contributed by atoms with Crippen LogP contribution in [0.4, 0.5) is 5.69 Å². The van der Waals surface area contributed by atoms with Crippen molar-refractivity contribution in [1.82, 2.24) is 4.90 Å². The Kier molecular flexibility index (Phi) is 6.47. The van der Waals surface area contributed by atoms with E-state index in [0.717, 1.165) is 11.4 Å². The molecule has 2 amide bonds. The summed E-state index contributed by atoms with van der Waals surface area (Å²) in [5, 5.41) is 2.95. The molecule has 3 rings (SSSR count). The molecule has 0 saturated carbocycles. The Labute approximate surface area is 160 Å². The number of carbonyl (C=O) groups excluding carboxylic acids is 2. The molecular weight excluding hydrogens is 340 g/mol. The van der Waals surface area contributed by atoms with Crippen LogP contribution in [0.5, 0.6) is 5.75 Å². The highest BCUT2D eigenvalue weighted by atomic mass is 16.5. The summed E-state index contributed by atoms with van der Waals surface area (Å²) >= 11 is 0. The number of amides is 2. The van der Waals surface area contributed by atoms with Crippen molar-refractivity contribution < 1.29 is 14.3 Å². The second-order valence-corrected chi connectivity index (χ2v) is 6.92. The lowest BCUT2D eigenvalue weighted by atomic mass is 9.95. The molecule has 2 aromatic rings. The van der Waals surface area contributed by atoms with Gasteiger partial charge in [0.05, 0.1) is 13.0 Å². The molecule has 0 radical (unpaired) electrons. The number of anilines is 1. The van der Waals surface area contributed by atoms with Gasteiger partial charge in [-0.1, -0.05) is 35.9 Å². The van der Waals surface area contributed by atoms with E-state index in [1.165, 1.54) is 5.56 Å². The van der Waals surface area contributed by atoms with Crippen molar-refractivity contribution in [2.75, 3.05) is 25.0 Å².